The third-order valence-corrected chi connectivity index (χ3v) is 6.47. The van der Waals surface area contributed by atoms with E-state index in [4.69, 9.17) is 27.9 Å². The number of hydrogen-bond acceptors (Lipinski definition) is 3. The molecule has 2 amide bonds. The topological polar surface area (TPSA) is 58.6 Å². The molecule has 0 saturated heterocycles. The van der Waals surface area contributed by atoms with Crippen molar-refractivity contribution in [2.24, 2.45) is 0 Å². The molecule has 3 aromatic rings. The van der Waals surface area contributed by atoms with Crippen LogP contribution >= 0.6 is 23.2 Å². The van der Waals surface area contributed by atoms with Crippen LogP contribution < -0.4 is 10.1 Å². The third-order valence-electron chi connectivity index (χ3n) is 5.88. The number of halogens is 2. The Balaban J connectivity index is 1.81. The molecule has 0 fully saturated rings. The SMILES string of the molecule is Cc1ccc(OCCCC(=O)N(Cc2ccc(Cl)cc2Cl)[C@@H](Cc2ccccc2)C(=O)NC(C)C)cc1. The molecule has 7 heteroatoms. The van der Waals surface area contributed by atoms with Gasteiger partial charge in [-0.05, 0) is 62.6 Å². The number of carbonyl (C=O) groups is 2. The van der Waals surface area contributed by atoms with Crippen LogP contribution in [0.15, 0.2) is 72.8 Å². The van der Waals surface area contributed by atoms with Gasteiger partial charge < -0.3 is 15.0 Å². The minimum absolute atomic E-state index is 0.0650. The number of amides is 2. The van der Waals surface area contributed by atoms with Crippen molar-refractivity contribution in [3.8, 4) is 5.75 Å². The van der Waals surface area contributed by atoms with Gasteiger partial charge in [0.05, 0.1) is 6.61 Å². The average Bonchev–Trinajstić information content (AvgIpc) is 2.86. The molecule has 0 aliphatic heterocycles. The molecule has 37 heavy (non-hydrogen) atoms. The summed E-state index contributed by atoms with van der Waals surface area (Å²) in [6, 6.07) is 21.9. The zero-order valence-corrected chi connectivity index (χ0v) is 23.1. The molecular weight excluding hydrogens is 507 g/mol. The summed E-state index contributed by atoms with van der Waals surface area (Å²) in [5.74, 6) is 0.424. The Bertz CT molecular complexity index is 1170. The van der Waals surface area contributed by atoms with E-state index in [9.17, 15) is 9.59 Å². The lowest BCUT2D eigenvalue weighted by atomic mass is 10.0. The van der Waals surface area contributed by atoms with E-state index in [0.717, 1.165) is 22.4 Å². The minimum atomic E-state index is -0.706. The lowest BCUT2D eigenvalue weighted by Gasteiger charge is -2.32. The van der Waals surface area contributed by atoms with E-state index in [1.165, 1.54) is 0 Å². The highest BCUT2D eigenvalue weighted by Gasteiger charge is 2.31. The molecule has 1 N–H and O–H groups in total. The Morgan fingerprint density at radius 2 is 1.68 bits per heavy atom. The van der Waals surface area contributed by atoms with Gasteiger partial charge in [0.15, 0.2) is 0 Å². The van der Waals surface area contributed by atoms with Crippen LogP contribution in [0.4, 0.5) is 0 Å². The molecule has 5 nitrogen and oxygen atoms in total. The number of nitrogens with one attached hydrogen (secondary N) is 1. The van der Waals surface area contributed by atoms with E-state index in [0.29, 0.717) is 29.5 Å². The summed E-state index contributed by atoms with van der Waals surface area (Å²) in [5, 5.41) is 3.96. The second-order valence-corrected chi connectivity index (χ2v) is 10.2. The number of ether oxygens (including phenoxy) is 1. The van der Waals surface area contributed by atoms with Crippen LogP contribution in [0, 0.1) is 6.92 Å². The van der Waals surface area contributed by atoms with Gasteiger partial charge >= 0.3 is 0 Å². The lowest BCUT2D eigenvalue weighted by Crippen LogP contribution is -2.51. The van der Waals surface area contributed by atoms with Crippen LogP contribution in [0.1, 0.15) is 43.4 Å². The fourth-order valence-electron chi connectivity index (χ4n) is 3.96. The highest BCUT2D eigenvalue weighted by Crippen LogP contribution is 2.25. The van der Waals surface area contributed by atoms with Crippen LogP contribution in [0.25, 0.3) is 0 Å². The zero-order valence-electron chi connectivity index (χ0n) is 21.5. The Hall–Kier alpha value is -3.02. The molecule has 1 atom stereocenters. The van der Waals surface area contributed by atoms with Gasteiger partial charge in [-0.15, -0.1) is 0 Å². The van der Waals surface area contributed by atoms with Gasteiger partial charge in [-0.25, -0.2) is 0 Å². The number of aryl methyl sites for hydroxylation is 1. The maximum atomic E-state index is 13.6. The van der Waals surface area contributed by atoms with E-state index < -0.39 is 6.04 Å². The Kier molecular flexibility index (Phi) is 10.8. The molecule has 0 bridgehead atoms. The fraction of sp³-hybridized carbons (Fsp3) is 0.333. The highest BCUT2D eigenvalue weighted by molar-refractivity contribution is 6.35. The van der Waals surface area contributed by atoms with Crippen molar-refractivity contribution in [1.29, 1.82) is 0 Å². The summed E-state index contributed by atoms with van der Waals surface area (Å²) in [6.45, 7) is 6.41. The fourth-order valence-corrected chi connectivity index (χ4v) is 4.43. The van der Waals surface area contributed by atoms with Crippen LogP contribution in [0.3, 0.4) is 0 Å². The van der Waals surface area contributed by atoms with Gasteiger partial charge in [0, 0.05) is 35.5 Å². The summed E-state index contributed by atoms with van der Waals surface area (Å²) < 4.78 is 5.81. The van der Waals surface area contributed by atoms with Gasteiger partial charge in [0.2, 0.25) is 11.8 Å². The van der Waals surface area contributed by atoms with Gasteiger partial charge in [0.25, 0.3) is 0 Å². The van der Waals surface area contributed by atoms with Crippen molar-refractivity contribution in [2.75, 3.05) is 6.61 Å². The summed E-state index contributed by atoms with van der Waals surface area (Å²) >= 11 is 12.6. The molecule has 3 aromatic carbocycles. The number of hydrogen-bond donors (Lipinski definition) is 1. The van der Waals surface area contributed by atoms with Crippen molar-refractivity contribution >= 4 is 35.0 Å². The summed E-state index contributed by atoms with van der Waals surface area (Å²) in [6.07, 6.45) is 1.13. The standard InChI is InChI=1S/C30H34Cl2N2O3/c1-21(2)33-30(36)28(18-23-8-5-4-6-9-23)34(20-24-13-14-25(31)19-27(24)32)29(35)10-7-17-37-26-15-11-22(3)12-16-26/h4-6,8-9,11-16,19,21,28H,7,10,17-18,20H2,1-3H3,(H,33,36)/t28-/m0/s1. The maximum Gasteiger partial charge on any atom is 0.243 e. The number of benzene rings is 3. The predicted molar refractivity (Wildman–Crippen MR) is 150 cm³/mol. The second kappa shape index (κ2) is 14.1. The summed E-state index contributed by atoms with van der Waals surface area (Å²) in [7, 11) is 0. The molecule has 3 rings (SSSR count). The Morgan fingerprint density at radius 3 is 2.32 bits per heavy atom. The highest BCUT2D eigenvalue weighted by atomic mass is 35.5. The lowest BCUT2D eigenvalue weighted by molar-refractivity contribution is -0.141. The molecule has 0 spiro atoms. The number of rotatable bonds is 12. The van der Waals surface area contributed by atoms with E-state index in [1.54, 1.807) is 23.1 Å². The summed E-state index contributed by atoms with van der Waals surface area (Å²) in [5.41, 5.74) is 2.85. The Labute approximate surface area is 229 Å². The largest absolute Gasteiger partial charge is 0.494 e. The number of nitrogens with zero attached hydrogens (tertiary/aromatic N) is 1. The molecule has 196 valence electrons. The molecule has 0 aliphatic carbocycles. The zero-order chi connectivity index (χ0) is 26.8. The second-order valence-electron chi connectivity index (χ2n) is 9.39. The van der Waals surface area contributed by atoms with E-state index in [-0.39, 0.29) is 30.8 Å². The molecular formula is C30H34Cl2N2O3. The minimum Gasteiger partial charge on any atom is -0.494 e. The maximum absolute atomic E-state index is 13.6. The van der Waals surface area contributed by atoms with Gasteiger partial charge in [0.1, 0.15) is 11.8 Å². The van der Waals surface area contributed by atoms with Gasteiger partial charge in [-0.1, -0.05) is 77.3 Å². The first-order valence-corrected chi connectivity index (χ1v) is 13.3. The van der Waals surface area contributed by atoms with Crippen molar-refractivity contribution < 1.29 is 14.3 Å². The van der Waals surface area contributed by atoms with Crippen LogP contribution in [0.2, 0.25) is 10.0 Å². The van der Waals surface area contributed by atoms with E-state index in [1.807, 2.05) is 75.4 Å². The molecule has 0 heterocycles. The third kappa shape index (κ3) is 9.10. The van der Waals surface area contributed by atoms with Crippen molar-refractivity contribution in [3.63, 3.8) is 0 Å². The first-order chi connectivity index (χ1) is 17.7. The van der Waals surface area contributed by atoms with Crippen molar-refractivity contribution in [1.82, 2.24) is 10.2 Å². The quantitative estimate of drug-likeness (QED) is 0.262. The Morgan fingerprint density at radius 1 is 0.973 bits per heavy atom. The van der Waals surface area contributed by atoms with Crippen LogP contribution in [0.5, 0.6) is 5.75 Å². The predicted octanol–water partition coefficient (Wildman–Crippen LogP) is 6.63. The first-order valence-electron chi connectivity index (χ1n) is 12.5. The van der Waals surface area contributed by atoms with Crippen LogP contribution in [-0.4, -0.2) is 35.4 Å². The molecule has 0 aliphatic rings. The van der Waals surface area contributed by atoms with E-state index in [2.05, 4.69) is 5.32 Å². The molecule has 0 unspecified atom stereocenters. The first kappa shape index (κ1) is 28.5. The van der Waals surface area contributed by atoms with Crippen molar-refractivity contribution in [2.45, 2.75) is 58.7 Å². The van der Waals surface area contributed by atoms with Crippen LogP contribution in [-0.2, 0) is 22.6 Å². The van der Waals surface area contributed by atoms with E-state index >= 15 is 0 Å². The van der Waals surface area contributed by atoms with Crippen molar-refractivity contribution in [3.05, 3.63) is 99.5 Å². The average molecular weight is 542 g/mol. The molecule has 0 aromatic heterocycles. The molecule has 0 saturated carbocycles. The monoisotopic (exact) mass is 540 g/mol. The number of carbonyl (C=O) groups excluding carboxylic acids is 2. The normalized spacial score (nSPS) is 11.7. The summed E-state index contributed by atoms with van der Waals surface area (Å²) in [4.78, 5) is 28.6. The smallest absolute Gasteiger partial charge is 0.243 e. The van der Waals surface area contributed by atoms with Gasteiger partial charge in [-0.3, -0.25) is 9.59 Å². The molecule has 0 radical (unpaired) electrons. The van der Waals surface area contributed by atoms with Gasteiger partial charge in [-0.2, -0.15) is 0 Å².